The minimum Gasteiger partial charge on any atom is -0.125 e. The van der Waals surface area contributed by atoms with Crippen molar-refractivity contribution in [3.63, 3.8) is 0 Å². The summed E-state index contributed by atoms with van der Waals surface area (Å²) < 4.78 is 0. The Morgan fingerprint density at radius 3 is 2.00 bits per heavy atom. The second-order valence-corrected chi connectivity index (χ2v) is 0.926. The lowest BCUT2D eigenvalue weighted by Crippen LogP contribution is -1.52. The van der Waals surface area contributed by atoms with Gasteiger partial charge in [-0.05, 0) is 0 Å². The SMILES string of the molecule is Cl[CH]CCl. The fraction of sp³-hybridized carbons (Fsp3) is 0.500. The average molecular weight is 98.0 g/mol. The first-order chi connectivity index (χ1) is 1.91. The van der Waals surface area contributed by atoms with Crippen LogP contribution < -0.4 is 0 Å². The van der Waals surface area contributed by atoms with Crippen LogP contribution in [0.1, 0.15) is 0 Å². The van der Waals surface area contributed by atoms with Gasteiger partial charge in [0.1, 0.15) is 0 Å². The van der Waals surface area contributed by atoms with Crippen molar-refractivity contribution in [2.45, 2.75) is 0 Å². The third kappa shape index (κ3) is 2.58. The van der Waals surface area contributed by atoms with Crippen LogP contribution in [0.4, 0.5) is 0 Å². The van der Waals surface area contributed by atoms with Crippen LogP contribution in [-0.4, -0.2) is 5.88 Å². The van der Waals surface area contributed by atoms with Gasteiger partial charge in [-0.25, -0.2) is 0 Å². The molecule has 1 radical (unpaired) electrons. The molecule has 0 aliphatic rings. The molecule has 0 aliphatic carbocycles. The summed E-state index contributed by atoms with van der Waals surface area (Å²) in [6.45, 7) is 0. The van der Waals surface area contributed by atoms with Crippen molar-refractivity contribution < 1.29 is 0 Å². The van der Waals surface area contributed by atoms with Crippen LogP contribution in [0, 0.1) is 5.88 Å². The van der Waals surface area contributed by atoms with Crippen LogP contribution in [-0.2, 0) is 0 Å². The molecule has 0 aromatic carbocycles. The van der Waals surface area contributed by atoms with E-state index in [-0.39, 0.29) is 0 Å². The van der Waals surface area contributed by atoms with Crippen molar-refractivity contribution in [3.8, 4) is 0 Å². The zero-order valence-corrected chi connectivity index (χ0v) is 3.55. The van der Waals surface area contributed by atoms with E-state index in [1.807, 2.05) is 0 Å². The molecule has 0 aromatic rings. The standard InChI is InChI=1S/C2H3Cl2/c3-1-2-4/h1H,2H2. The summed E-state index contributed by atoms with van der Waals surface area (Å²) in [6.07, 6.45) is 0. The van der Waals surface area contributed by atoms with Gasteiger partial charge in [-0.2, -0.15) is 0 Å². The predicted octanol–water partition coefficient (Wildman–Crippen LogP) is 1.63. The Balaban J connectivity index is 1.97. The highest BCUT2D eigenvalue weighted by molar-refractivity contribution is 6.30. The first kappa shape index (κ1) is 4.58. The number of halogens is 2. The van der Waals surface area contributed by atoms with Crippen LogP contribution in [0.3, 0.4) is 0 Å². The molecule has 0 rings (SSSR count). The topological polar surface area (TPSA) is 0 Å². The number of hydrogen-bond acceptors (Lipinski definition) is 0. The summed E-state index contributed by atoms with van der Waals surface area (Å²) >= 11 is 9.93. The molecule has 0 atom stereocenters. The highest BCUT2D eigenvalue weighted by Gasteiger charge is 1.63. The fourth-order valence-electron chi connectivity index (χ4n) is 0. The molecule has 25 valence electrons. The van der Waals surface area contributed by atoms with Gasteiger partial charge in [0.2, 0.25) is 0 Å². The van der Waals surface area contributed by atoms with Crippen molar-refractivity contribution in [1.82, 2.24) is 0 Å². The molecule has 0 amide bonds. The Morgan fingerprint density at radius 1 is 1.75 bits per heavy atom. The van der Waals surface area contributed by atoms with Gasteiger partial charge < -0.3 is 0 Å². The Bertz CT molecular complexity index is 6.00. The molecular weight excluding hydrogens is 94.9 g/mol. The molecule has 0 aromatic heterocycles. The number of rotatable bonds is 1. The van der Waals surface area contributed by atoms with E-state index in [2.05, 4.69) is 0 Å². The van der Waals surface area contributed by atoms with Crippen molar-refractivity contribution >= 4 is 23.2 Å². The number of hydrogen-bond donors (Lipinski definition) is 0. The summed E-state index contributed by atoms with van der Waals surface area (Å²) in [4.78, 5) is 0. The van der Waals surface area contributed by atoms with Gasteiger partial charge >= 0.3 is 0 Å². The average Bonchev–Trinajstić information content (AvgIpc) is 1.37. The highest BCUT2D eigenvalue weighted by atomic mass is 35.5. The molecule has 0 heterocycles. The Kier molecular flexibility index (Phi) is 4.10. The lowest BCUT2D eigenvalue weighted by Gasteiger charge is -1.62. The summed E-state index contributed by atoms with van der Waals surface area (Å²) in [5.41, 5.74) is 0. The highest BCUT2D eigenvalue weighted by Crippen LogP contribution is 1.83. The summed E-state index contributed by atoms with van der Waals surface area (Å²) in [6, 6.07) is 0. The molecule has 0 saturated carbocycles. The van der Waals surface area contributed by atoms with E-state index in [0.29, 0.717) is 5.88 Å². The monoisotopic (exact) mass is 97.0 g/mol. The van der Waals surface area contributed by atoms with Crippen LogP contribution in [0.15, 0.2) is 0 Å². The molecule has 4 heavy (non-hydrogen) atoms. The molecule has 0 bridgehead atoms. The van der Waals surface area contributed by atoms with E-state index in [1.165, 1.54) is 5.88 Å². The lowest BCUT2D eigenvalue weighted by molar-refractivity contribution is 1.73. The molecule has 0 nitrogen and oxygen atoms in total. The summed E-state index contributed by atoms with van der Waals surface area (Å²) in [5, 5.41) is 0. The fourth-order valence-corrected chi connectivity index (χ4v) is 0. The molecule has 0 unspecified atom stereocenters. The smallest absolute Gasteiger partial charge is 0.0646 e. The largest absolute Gasteiger partial charge is 0.125 e. The van der Waals surface area contributed by atoms with Crippen molar-refractivity contribution in [1.29, 1.82) is 0 Å². The van der Waals surface area contributed by atoms with E-state index in [9.17, 15) is 0 Å². The summed E-state index contributed by atoms with van der Waals surface area (Å²) in [7, 11) is 0. The van der Waals surface area contributed by atoms with Crippen LogP contribution in [0.5, 0.6) is 0 Å². The molecule has 0 N–H and O–H groups in total. The molecule has 0 aliphatic heterocycles. The maximum absolute atomic E-state index is 5.00. The van der Waals surface area contributed by atoms with Crippen molar-refractivity contribution in [2.24, 2.45) is 0 Å². The third-order valence-corrected chi connectivity index (χ3v) is 0.525. The van der Waals surface area contributed by atoms with Gasteiger partial charge in [0.05, 0.1) is 5.88 Å². The van der Waals surface area contributed by atoms with E-state index < -0.39 is 0 Å². The van der Waals surface area contributed by atoms with Gasteiger partial charge in [0.15, 0.2) is 0 Å². The van der Waals surface area contributed by atoms with E-state index in [1.54, 1.807) is 0 Å². The molecular formula is C2H3Cl2. The van der Waals surface area contributed by atoms with E-state index >= 15 is 0 Å². The predicted molar refractivity (Wildman–Crippen MR) is 20.9 cm³/mol. The Morgan fingerprint density at radius 2 is 2.00 bits per heavy atom. The molecule has 0 fully saturated rings. The normalized spacial score (nSPS) is 7.50. The second-order valence-electron chi connectivity index (χ2n) is 0.309. The Hall–Kier alpha value is 0.580. The van der Waals surface area contributed by atoms with Crippen molar-refractivity contribution in [2.75, 3.05) is 5.88 Å². The maximum atomic E-state index is 5.00. The van der Waals surface area contributed by atoms with Crippen LogP contribution >= 0.6 is 23.2 Å². The van der Waals surface area contributed by atoms with E-state index in [0.717, 1.165) is 0 Å². The van der Waals surface area contributed by atoms with Gasteiger partial charge in [-0.15, -0.1) is 23.2 Å². The summed E-state index contributed by atoms with van der Waals surface area (Å²) in [5.74, 6) is 1.79. The maximum Gasteiger partial charge on any atom is 0.0646 e. The van der Waals surface area contributed by atoms with E-state index in [4.69, 9.17) is 23.2 Å². The minimum atomic E-state index is 0.432. The molecule has 0 spiro atoms. The third-order valence-electron chi connectivity index (χ3n) is 0.0583. The first-order valence-electron chi connectivity index (χ1n) is 0.894. The van der Waals surface area contributed by atoms with Gasteiger partial charge in [-0.3, -0.25) is 0 Å². The van der Waals surface area contributed by atoms with Gasteiger partial charge in [0, 0.05) is 5.88 Å². The zero-order valence-electron chi connectivity index (χ0n) is 2.04. The second kappa shape index (κ2) is 3.58. The first-order valence-corrected chi connectivity index (χ1v) is 1.86. The van der Waals surface area contributed by atoms with Gasteiger partial charge in [0.25, 0.3) is 0 Å². The lowest BCUT2D eigenvalue weighted by atomic mass is 11.0. The van der Waals surface area contributed by atoms with Crippen molar-refractivity contribution in [3.05, 3.63) is 5.88 Å². The zero-order chi connectivity index (χ0) is 3.41. The number of alkyl halides is 1. The Labute approximate surface area is 35.7 Å². The van der Waals surface area contributed by atoms with Crippen LogP contribution in [0.25, 0.3) is 0 Å². The minimum absolute atomic E-state index is 0.432. The quantitative estimate of drug-likeness (QED) is 0.437. The molecule has 0 saturated heterocycles. The van der Waals surface area contributed by atoms with Crippen LogP contribution in [0.2, 0.25) is 0 Å². The molecule has 2 heteroatoms. The van der Waals surface area contributed by atoms with Gasteiger partial charge in [-0.1, -0.05) is 0 Å².